The molecule has 0 aliphatic rings. The van der Waals surface area contributed by atoms with Crippen LogP contribution in [0.5, 0.6) is 0 Å². The van der Waals surface area contributed by atoms with Crippen molar-refractivity contribution in [2.45, 2.75) is 27.3 Å². The summed E-state index contributed by atoms with van der Waals surface area (Å²) in [5, 5.41) is 3.11. The molecule has 0 saturated heterocycles. The number of benzene rings is 3. The smallest absolute Gasteiger partial charge is 0.325 e. The van der Waals surface area contributed by atoms with Gasteiger partial charge in [0.25, 0.3) is 5.56 Å². The average molecular weight is 441 g/mol. The second-order valence-corrected chi connectivity index (χ2v) is 8.05. The van der Waals surface area contributed by atoms with Crippen LogP contribution < -0.4 is 16.6 Å². The molecule has 1 amide bonds. The van der Waals surface area contributed by atoms with E-state index in [0.717, 1.165) is 15.7 Å². The summed E-state index contributed by atoms with van der Waals surface area (Å²) in [6, 6.07) is 18.8. The van der Waals surface area contributed by atoms with Gasteiger partial charge in [-0.3, -0.25) is 19.0 Å². The summed E-state index contributed by atoms with van der Waals surface area (Å²) in [5.74, 6) is -0.577. The van der Waals surface area contributed by atoms with Gasteiger partial charge < -0.3 is 5.32 Å². The molecule has 1 N–H and O–H groups in total. The van der Waals surface area contributed by atoms with Crippen LogP contribution in [0, 0.1) is 13.8 Å². The van der Waals surface area contributed by atoms with Crippen molar-refractivity contribution in [3.8, 4) is 5.69 Å². The highest BCUT2D eigenvalue weighted by atomic mass is 16.2. The minimum absolute atomic E-state index is 0.181. The lowest BCUT2D eigenvalue weighted by Crippen LogP contribution is -2.41. The van der Waals surface area contributed by atoms with Crippen molar-refractivity contribution in [3.05, 3.63) is 104 Å². The van der Waals surface area contributed by atoms with E-state index < -0.39 is 17.2 Å². The molecule has 3 aromatic carbocycles. The molecule has 0 spiro atoms. The number of nitrogens with zero attached hydrogens (tertiary/aromatic N) is 2. The van der Waals surface area contributed by atoms with Crippen molar-refractivity contribution in [2.24, 2.45) is 0 Å². The molecule has 0 aliphatic carbocycles. The standard InChI is InChI=1S/C26H23N3O4/c1-16-6-4-8-20(12-16)27-24(31)15-28-23-11-10-17(2)13-22(23)25(32)29(26(28)33)21-9-5-7-19(14-21)18(3)30/h4-14H,15H2,1-3H3,(H,27,31). The Morgan fingerprint density at radius 1 is 0.879 bits per heavy atom. The number of rotatable bonds is 5. The van der Waals surface area contributed by atoms with Crippen LogP contribution >= 0.6 is 0 Å². The van der Waals surface area contributed by atoms with E-state index in [0.29, 0.717) is 22.2 Å². The maximum atomic E-state index is 13.5. The van der Waals surface area contributed by atoms with Crippen LogP contribution in [-0.4, -0.2) is 20.8 Å². The van der Waals surface area contributed by atoms with Crippen LogP contribution in [-0.2, 0) is 11.3 Å². The number of hydrogen-bond acceptors (Lipinski definition) is 4. The van der Waals surface area contributed by atoms with Crippen molar-refractivity contribution >= 4 is 28.3 Å². The van der Waals surface area contributed by atoms with Gasteiger partial charge in [-0.05, 0) is 62.7 Å². The lowest BCUT2D eigenvalue weighted by molar-refractivity contribution is -0.116. The summed E-state index contributed by atoms with van der Waals surface area (Å²) in [6.07, 6.45) is 0. The van der Waals surface area contributed by atoms with Gasteiger partial charge >= 0.3 is 5.69 Å². The summed E-state index contributed by atoms with van der Waals surface area (Å²) in [7, 11) is 0. The van der Waals surface area contributed by atoms with Crippen molar-refractivity contribution < 1.29 is 9.59 Å². The first-order valence-corrected chi connectivity index (χ1v) is 10.5. The molecule has 0 atom stereocenters. The number of nitrogens with one attached hydrogen (secondary N) is 1. The molecule has 0 unspecified atom stereocenters. The molecule has 4 rings (SSSR count). The summed E-state index contributed by atoms with van der Waals surface area (Å²) >= 11 is 0. The average Bonchev–Trinajstić information content (AvgIpc) is 2.77. The third-order valence-electron chi connectivity index (χ3n) is 5.41. The molecule has 4 aromatic rings. The lowest BCUT2D eigenvalue weighted by Gasteiger charge is -2.15. The van der Waals surface area contributed by atoms with Gasteiger partial charge in [0.05, 0.1) is 16.6 Å². The molecular weight excluding hydrogens is 418 g/mol. The van der Waals surface area contributed by atoms with Gasteiger partial charge in [-0.15, -0.1) is 0 Å². The van der Waals surface area contributed by atoms with Crippen LogP contribution in [0.2, 0.25) is 0 Å². The SMILES string of the molecule is CC(=O)c1cccc(-n2c(=O)c3cc(C)ccc3n(CC(=O)Nc3cccc(C)c3)c2=O)c1. The minimum atomic E-state index is -0.656. The third kappa shape index (κ3) is 4.39. The van der Waals surface area contributed by atoms with Gasteiger partial charge in [-0.1, -0.05) is 35.9 Å². The number of hydrogen-bond donors (Lipinski definition) is 1. The summed E-state index contributed by atoms with van der Waals surface area (Å²) < 4.78 is 2.29. The number of fused-ring (bicyclic) bond motifs is 1. The van der Waals surface area contributed by atoms with E-state index in [2.05, 4.69) is 5.32 Å². The Morgan fingerprint density at radius 2 is 1.61 bits per heavy atom. The van der Waals surface area contributed by atoms with Crippen molar-refractivity contribution in [2.75, 3.05) is 5.32 Å². The zero-order chi connectivity index (χ0) is 23.7. The molecule has 0 saturated carbocycles. The van der Waals surface area contributed by atoms with E-state index in [9.17, 15) is 19.2 Å². The highest BCUT2D eigenvalue weighted by Gasteiger charge is 2.17. The molecule has 7 heteroatoms. The van der Waals surface area contributed by atoms with Gasteiger partial charge in [0.1, 0.15) is 6.54 Å². The fraction of sp³-hybridized carbons (Fsp3) is 0.154. The van der Waals surface area contributed by atoms with Crippen LogP contribution in [0.4, 0.5) is 5.69 Å². The molecule has 0 aliphatic heterocycles. The molecule has 1 heterocycles. The lowest BCUT2D eigenvalue weighted by atomic mass is 10.1. The van der Waals surface area contributed by atoms with Gasteiger partial charge in [0.15, 0.2) is 5.78 Å². The fourth-order valence-electron chi connectivity index (χ4n) is 3.80. The van der Waals surface area contributed by atoms with Gasteiger partial charge in [-0.25, -0.2) is 9.36 Å². The molecule has 7 nitrogen and oxygen atoms in total. The Balaban J connectivity index is 1.88. The van der Waals surface area contributed by atoms with E-state index in [1.807, 2.05) is 32.0 Å². The molecular formula is C26H23N3O4. The van der Waals surface area contributed by atoms with E-state index in [-0.39, 0.29) is 18.0 Å². The van der Waals surface area contributed by atoms with E-state index >= 15 is 0 Å². The maximum Gasteiger partial charge on any atom is 0.336 e. The number of carbonyl (C=O) groups excluding carboxylic acids is 2. The number of aryl methyl sites for hydroxylation is 2. The van der Waals surface area contributed by atoms with Crippen LogP contribution in [0.1, 0.15) is 28.4 Å². The number of anilines is 1. The summed E-state index contributed by atoms with van der Waals surface area (Å²) in [5.41, 5.74) is 2.32. The molecule has 0 radical (unpaired) electrons. The monoisotopic (exact) mass is 441 g/mol. The van der Waals surface area contributed by atoms with E-state index in [1.165, 1.54) is 17.6 Å². The third-order valence-corrected chi connectivity index (χ3v) is 5.41. The van der Waals surface area contributed by atoms with Gasteiger partial charge in [0.2, 0.25) is 5.91 Å². The topological polar surface area (TPSA) is 90.2 Å². The number of Topliss-reactive ketones (excluding diaryl/α,β-unsaturated/α-hetero) is 1. The minimum Gasteiger partial charge on any atom is -0.325 e. The Labute approximate surface area is 189 Å². The number of amides is 1. The van der Waals surface area contributed by atoms with Gasteiger partial charge in [-0.2, -0.15) is 0 Å². The highest BCUT2D eigenvalue weighted by molar-refractivity contribution is 5.94. The fourth-order valence-corrected chi connectivity index (χ4v) is 3.80. The van der Waals surface area contributed by atoms with Crippen LogP contribution in [0.15, 0.2) is 76.3 Å². The molecule has 33 heavy (non-hydrogen) atoms. The van der Waals surface area contributed by atoms with Crippen LogP contribution in [0.25, 0.3) is 16.6 Å². The second kappa shape index (κ2) is 8.70. The zero-order valence-electron chi connectivity index (χ0n) is 18.6. The summed E-state index contributed by atoms with van der Waals surface area (Å²) in [4.78, 5) is 51.5. The zero-order valence-corrected chi connectivity index (χ0v) is 18.6. The number of ketones is 1. The highest BCUT2D eigenvalue weighted by Crippen LogP contribution is 2.15. The second-order valence-electron chi connectivity index (χ2n) is 8.05. The molecule has 166 valence electrons. The normalized spacial score (nSPS) is 10.9. The maximum absolute atomic E-state index is 13.5. The molecule has 1 aromatic heterocycles. The van der Waals surface area contributed by atoms with Crippen LogP contribution in [0.3, 0.4) is 0 Å². The largest absolute Gasteiger partial charge is 0.336 e. The van der Waals surface area contributed by atoms with E-state index in [1.54, 1.807) is 42.5 Å². The van der Waals surface area contributed by atoms with Crippen molar-refractivity contribution in [3.63, 3.8) is 0 Å². The quantitative estimate of drug-likeness (QED) is 0.479. The number of carbonyl (C=O) groups is 2. The van der Waals surface area contributed by atoms with Crippen molar-refractivity contribution in [1.82, 2.24) is 9.13 Å². The Hall–Kier alpha value is -4.26. The Bertz CT molecular complexity index is 1530. The van der Waals surface area contributed by atoms with Gasteiger partial charge in [0, 0.05) is 11.3 Å². The predicted molar refractivity (Wildman–Crippen MR) is 128 cm³/mol. The van der Waals surface area contributed by atoms with Crippen molar-refractivity contribution in [1.29, 1.82) is 0 Å². The number of aromatic nitrogens is 2. The first-order valence-electron chi connectivity index (χ1n) is 10.5. The Morgan fingerprint density at radius 3 is 2.33 bits per heavy atom. The first-order chi connectivity index (χ1) is 15.7. The molecule has 0 bridgehead atoms. The predicted octanol–water partition coefficient (Wildman–Crippen LogP) is 3.61. The summed E-state index contributed by atoms with van der Waals surface area (Å²) in [6.45, 7) is 4.90. The Kier molecular flexibility index (Phi) is 5.79. The molecule has 0 fully saturated rings. The first kappa shape index (κ1) is 22.0. The van der Waals surface area contributed by atoms with E-state index in [4.69, 9.17) is 0 Å².